The summed E-state index contributed by atoms with van der Waals surface area (Å²) in [6, 6.07) is 9.85. The number of methoxy groups -OCH3 is 1. The summed E-state index contributed by atoms with van der Waals surface area (Å²) in [4.78, 5) is 29.6. The molecule has 11 heteroatoms. The maximum atomic E-state index is 11.3. The molecule has 1 aliphatic heterocycles. The fraction of sp³-hybridized carbons (Fsp3) is 0.391. The largest absolute Gasteiger partial charge is 0.497 e. The molecule has 3 aromatic rings. The van der Waals surface area contributed by atoms with Crippen LogP contribution >= 0.6 is 22.9 Å². The number of piperazine rings is 1. The second-order valence-corrected chi connectivity index (χ2v) is 9.19. The Morgan fingerprint density at radius 1 is 1.18 bits per heavy atom. The molecule has 0 amide bonds. The van der Waals surface area contributed by atoms with Crippen LogP contribution in [0.2, 0.25) is 0 Å². The van der Waals surface area contributed by atoms with Crippen LogP contribution in [0.25, 0.3) is 0 Å². The fourth-order valence-corrected chi connectivity index (χ4v) is 4.44. The van der Waals surface area contributed by atoms with Crippen LogP contribution < -0.4 is 15.0 Å². The van der Waals surface area contributed by atoms with E-state index in [4.69, 9.17) is 21.1 Å². The van der Waals surface area contributed by atoms with Gasteiger partial charge in [0.25, 0.3) is 5.24 Å². The van der Waals surface area contributed by atoms with Gasteiger partial charge in [0.15, 0.2) is 5.13 Å². The van der Waals surface area contributed by atoms with Crippen molar-refractivity contribution in [3.8, 4) is 5.75 Å². The van der Waals surface area contributed by atoms with Crippen molar-refractivity contribution < 1.29 is 14.3 Å². The molecule has 0 aliphatic carbocycles. The predicted octanol–water partition coefficient (Wildman–Crippen LogP) is 3.71. The molecule has 0 unspecified atom stereocenters. The topological polar surface area (TPSA) is 92.7 Å². The average molecular weight is 503 g/mol. The first-order valence-corrected chi connectivity index (χ1v) is 12.2. The number of thiazole rings is 1. The van der Waals surface area contributed by atoms with Crippen LogP contribution in [0.15, 0.2) is 36.5 Å². The van der Waals surface area contributed by atoms with Gasteiger partial charge in [0.2, 0.25) is 0 Å². The van der Waals surface area contributed by atoms with Gasteiger partial charge in [0.05, 0.1) is 26.5 Å². The number of rotatable bonds is 10. The van der Waals surface area contributed by atoms with Gasteiger partial charge in [0, 0.05) is 38.8 Å². The summed E-state index contributed by atoms with van der Waals surface area (Å²) >= 11 is 6.71. The van der Waals surface area contributed by atoms with Crippen LogP contribution in [-0.2, 0) is 11.3 Å². The molecular formula is C23H27ClN6O3S. The van der Waals surface area contributed by atoms with E-state index >= 15 is 0 Å². The molecule has 4 rings (SSSR count). The van der Waals surface area contributed by atoms with Gasteiger partial charge in [-0.05, 0) is 36.2 Å². The lowest BCUT2D eigenvalue weighted by Crippen LogP contribution is -2.47. The highest BCUT2D eigenvalue weighted by molar-refractivity contribution is 7.19. The van der Waals surface area contributed by atoms with Gasteiger partial charge in [-0.1, -0.05) is 23.5 Å². The SMILES string of the molecule is COc1ccc(COCCN2CCN(c3cc(Nc4ncc(C(=O)Cl)s4)nc(C)n3)CC2)cc1. The predicted molar refractivity (Wildman–Crippen MR) is 134 cm³/mol. The van der Waals surface area contributed by atoms with Crippen LogP contribution in [0.4, 0.5) is 16.8 Å². The van der Waals surface area contributed by atoms with E-state index in [1.54, 1.807) is 7.11 Å². The third-order valence-electron chi connectivity index (χ3n) is 5.43. The van der Waals surface area contributed by atoms with Gasteiger partial charge in [-0.15, -0.1) is 0 Å². The number of nitrogens with one attached hydrogen (secondary N) is 1. The third kappa shape index (κ3) is 6.63. The highest BCUT2D eigenvalue weighted by atomic mass is 35.5. The Hall–Kier alpha value is -2.79. The summed E-state index contributed by atoms with van der Waals surface area (Å²) in [5.74, 6) is 3.03. The van der Waals surface area contributed by atoms with Gasteiger partial charge in [-0.2, -0.15) is 0 Å². The minimum atomic E-state index is -0.519. The Morgan fingerprint density at radius 2 is 1.94 bits per heavy atom. The van der Waals surface area contributed by atoms with Crippen molar-refractivity contribution in [1.82, 2.24) is 19.9 Å². The van der Waals surface area contributed by atoms with Gasteiger partial charge in [0.1, 0.15) is 28.1 Å². The van der Waals surface area contributed by atoms with Crippen LogP contribution in [0.5, 0.6) is 5.75 Å². The lowest BCUT2D eigenvalue weighted by molar-refractivity contribution is 0.0906. The molecular weight excluding hydrogens is 476 g/mol. The van der Waals surface area contributed by atoms with Crippen molar-refractivity contribution >= 4 is 44.9 Å². The molecule has 9 nitrogen and oxygen atoms in total. The maximum absolute atomic E-state index is 11.3. The molecule has 1 aliphatic rings. The van der Waals surface area contributed by atoms with E-state index in [9.17, 15) is 4.79 Å². The van der Waals surface area contributed by atoms with Crippen LogP contribution in [0.3, 0.4) is 0 Å². The smallest absolute Gasteiger partial charge is 0.264 e. The first kappa shape index (κ1) is 24.3. The molecule has 1 aromatic carbocycles. The Kier molecular flexibility index (Phi) is 8.28. The molecule has 1 fully saturated rings. The molecule has 1 N–H and O–H groups in total. The normalized spacial score (nSPS) is 14.3. The number of carbonyl (C=O) groups is 1. The lowest BCUT2D eigenvalue weighted by atomic mass is 10.2. The van der Waals surface area contributed by atoms with E-state index in [2.05, 4.69) is 30.1 Å². The van der Waals surface area contributed by atoms with Crippen molar-refractivity contribution in [2.75, 3.05) is 56.7 Å². The molecule has 0 atom stereocenters. The Morgan fingerprint density at radius 3 is 2.62 bits per heavy atom. The van der Waals surface area contributed by atoms with Gasteiger partial charge < -0.3 is 19.7 Å². The number of benzene rings is 1. The number of carbonyl (C=O) groups excluding carboxylic acids is 1. The first-order valence-electron chi connectivity index (χ1n) is 11.0. The van der Waals surface area contributed by atoms with Gasteiger partial charge in [-0.25, -0.2) is 15.0 Å². The highest BCUT2D eigenvalue weighted by Gasteiger charge is 2.19. The molecule has 0 saturated carbocycles. The molecule has 0 spiro atoms. The summed E-state index contributed by atoms with van der Waals surface area (Å²) < 4.78 is 11.0. The number of aryl methyl sites for hydroxylation is 1. The second-order valence-electron chi connectivity index (χ2n) is 7.82. The number of anilines is 3. The number of hydrogen-bond acceptors (Lipinski definition) is 10. The first-order chi connectivity index (χ1) is 16.5. The Balaban J connectivity index is 1.24. The minimum Gasteiger partial charge on any atom is -0.497 e. The summed E-state index contributed by atoms with van der Waals surface area (Å²) in [5, 5.41) is 3.19. The molecule has 0 bridgehead atoms. The molecule has 0 radical (unpaired) electrons. The van der Waals surface area contributed by atoms with Crippen molar-refractivity contribution in [3.05, 3.63) is 52.8 Å². The molecule has 2 aromatic heterocycles. The van der Waals surface area contributed by atoms with Crippen LogP contribution in [-0.4, -0.2) is 71.5 Å². The van der Waals surface area contributed by atoms with Gasteiger partial charge >= 0.3 is 0 Å². The zero-order chi connectivity index (χ0) is 23.9. The summed E-state index contributed by atoms with van der Waals surface area (Å²) in [7, 11) is 1.66. The Labute approximate surface area is 207 Å². The second kappa shape index (κ2) is 11.6. The summed E-state index contributed by atoms with van der Waals surface area (Å²) in [5.41, 5.74) is 1.14. The van der Waals surface area contributed by atoms with E-state index in [0.29, 0.717) is 34.9 Å². The number of aromatic nitrogens is 3. The quantitative estimate of drug-likeness (QED) is 0.329. The third-order valence-corrected chi connectivity index (χ3v) is 6.66. The lowest BCUT2D eigenvalue weighted by Gasteiger charge is -2.35. The van der Waals surface area contributed by atoms with Crippen molar-refractivity contribution in [3.63, 3.8) is 0 Å². The van der Waals surface area contributed by atoms with Crippen molar-refractivity contribution in [2.45, 2.75) is 13.5 Å². The number of ether oxygens (including phenoxy) is 2. The standard InChI is InChI=1S/C23H27ClN6O3S/c1-16-26-20(28-23-25-14-19(34-23)22(24)31)13-21(27-16)30-9-7-29(8-10-30)11-12-33-15-17-3-5-18(32-2)6-4-17/h3-6,13-14H,7-12,15H2,1-2H3,(H,25,26,27,28). The zero-order valence-corrected chi connectivity index (χ0v) is 20.7. The molecule has 3 heterocycles. The summed E-state index contributed by atoms with van der Waals surface area (Å²) in [6.45, 7) is 7.66. The van der Waals surface area contributed by atoms with E-state index in [1.165, 1.54) is 17.5 Å². The van der Waals surface area contributed by atoms with Gasteiger partial charge in [-0.3, -0.25) is 9.69 Å². The monoisotopic (exact) mass is 502 g/mol. The highest BCUT2D eigenvalue weighted by Crippen LogP contribution is 2.25. The number of nitrogens with zero attached hydrogens (tertiary/aromatic N) is 5. The van der Waals surface area contributed by atoms with Crippen LogP contribution in [0, 0.1) is 6.92 Å². The molecule has 180 valence electrons. The number of hydrogen-bond donors (Lipinski definition) is 1. The van der Waals surface area contributed by atoms with E-state index in [0.717, 1.165) is 49.9 Å². The van der Waals surface area contributed by atoms with Crippen molar-refractivity contribution in [2.24, 2.45) is 0 Å². The maximum Gasteiger partial charge on any atom is 0.264 e. The molecule has 34 heavy (non-hydrogen) atoms. The van der Waals surface area contributed by atoms with Crippen molar-refractivity contribution in [1.29, 1.82) is 0 Å². The van der Waals surface area contributed by atoms with E-state index < -0.39 is 5.24 Å². The van der Waals surface area contributed by atoms with Crippen LogP contribution in [0.1, 0.15) is 21.1 Å². The van der Waals surface area contributed by atoms with E-state index in [1.807, 2.05) is 37.3 Å². The zero-order valence-electron chi connectivity index (χ0n) is 19.2. The average Bonchev–Trinajstić information content (AvgIpc) is 3.31. The summed E-state index contributed by atoms with van der Waals surface area (Å²) in [6.07, 6.45) is 1.46. The fourth-order valence-electron chi connectivity index (χ4n) is 3.62. The molecule has 1 saturated heterocycles. The Bertz CT molecular complexity index is 1100. The number of halogens is 1. The minimum absolute atomic E-state index is 0.388. The van der Waals surface area contributed by atoms with E-state index in [-0.39, 0.29) is 0 Å².